The van der Waals surface area contributed by atoms with E-state index >= 15 is 0 Å². The van der Waals surface area contributed by atoms with Gasteiger partial charge >= 0.3 is 0 Å². The number of ether oxygens (including phenoxy) is 1. The number of phenolic OH excluding ortho intramolecular Hbond substituents is 1. The second kappa shape index (κ2) is 8.10. The molecule has 0 aliphatic carbocycles. The van der Waals surface area contributed by atoms with Crippen molar-refractivity contribution < 1.29 is 14.9 Å². The molecule has 0 atom stereocenters. The zero-order chi connectivity index (χ0) is 11.6. The standard InChI is InChI=1S/C12H19NO3/c14-7-9-16-8-1-6-13-10-11-2-4-12(15)5-3-11/h2-5,13-15H,1,6-10H2. The van der Waals surface area contributed by atoms with Crippen molar-refractivity contribution in [3.05, 3.63) is 29.8 Å². The van der Waals surface area contributed by atoms with Gasteiger partial charge in [0.1, 0.15) is 5.75 Å². The molecule has 0 fully saturated rings. The molecule has 1 aromatic rings. The first-order chi connectivity index (χ1) is 7.83. The molecule has 0 amide bonds. The van der Waals surface area contributed by atoms with Gasteiger partial charge in [-0.2, -0.15) is 0 Å². The summed E-state index contributed by atoms with van der Waals surface area (Å²) in [6, 6.07) is 7.15. The fourth-order valence-corrected chi connectivity index (χ4v) is 1.31. The van der Waals surface area contributed by atoms with E-state index < -0.39 is 0 Å². The number of aliphatic hydroxyl groups is 1. The highest BCUT2D eigenvalue weighted by Crippen LogP contribution is 2.08. The minimum atomic E-state index is 0.0843. The van der Waals surface area contributed by atoms with Crippen molar-refractivity contribution in [2.75, 3.05) is 26.4 Å². The van der Waals surface area contributed by atoms with Crippen LogP contribution in [0, 0.1) is 0 Å². The van der Waals surface area contributed by atoms with E-state index in [0.29, 0.717) is 19.0 Å². The molecule has 0 aromatic heterocycles. The number of aromatic hydroxyl groups is 1. The van der Waals surface area contributed by atoms with E-state index in [1.165, 1.54) is 0 Å². The van der Waals surface area contributed by atoms with Crippen molar-refractivity contribution in [3.8, 4) is 5.75 Å². The molecule has 0 saturated heterocycles. The monoisotopic (exact) mass is 225 g/mol. The van der Waals surface area contributed by atoms with E-state index in [1.54, 1.807) is 12.1 Å². The number of hydrogen-bond donors (Lipinski definition) is 3. The SMILES string of the molecule is OCCOCCCNCc1ccc(O)cc1. The molecule has 3 N–H and O–H groups in total. The van der Waals surface area contributed by atoms with Gasteiger partial charge in [0.2, 0.25) is 0 Å². The Bertz CT molecular complexity index is 274. The highest BCUT2D eigenvalue weighted by Gasteiger charge is 1.93. The Labute approximate surface area is 95.9 Å². The van der Waals surface area contributed by atoms with Gasteiger partial charge in [0.15, 0.2) is 0 Å². The number of benzene rings is 1. The molecule has 1 aromatic carbocycles. The van der Waals surface area contributed by atoms with Gasteiger partial charge in [-0.1, -0.05) is 12.1 Å². The van der Waals surface area contributed by atoms with Crippen LogP contribution >= 0.6 is 0 Å². The van der Waals surface area contributed by atoms with Gasteiger partial charge in [-0.05, 0) is 30.7 Å². The zero-order valence-electron chi connectivity index (χ0n) is 9.35. The van der Waals surface area contributed by atoms with Gasteiger partial charge in [0.25, 0.3) is 0 Å². The highest BCUT2D eigenvalue weighted by atomic mass is 16.5. The van der Waals surface area contributed by atoms with Crippen LogP contribution in [0.4, 0.5) is 0 Å². The average Bonchev–Trinajstić information content (AvgIpc) is 2.30. The van der Waals surface area contributed by atoms with Crippen LogP contribution in [-0.4, -0.2) is 36.6 Å². The lowest BCUT2D eigenvalue weighted by atomic mass is 10.2. The number of phenols is 1. The van der Waals surface area contributed by atoms with Crippen LogP contribution in [0.1, 0.15) is 12.0 Å². The summed E-state index contributed by atoms with van der Waals surface area (Å²) in [4.78, 5) is 0. The van der Waals surface area contributed by atoms with Crippen molar-refractivity contribution in [2.24, 2.45) is 0 Å². The van der Waals surface area contributed by atoms with Crippen LogP contribution in [0.5, 0.6) is 5.75 Å². The van der Waals surface area contributed by atoms with Gasteiger partial charge in [-0.15, -0.1) is 0 Å². The predicted molar refractivity (Wildman–Crippen MR) is 62.3 cm³/mol. The maximum Gasteiger partial charge on any atom is 0.115 e. The Morgan fingerprint density at radius 3 is 2.56 bits per heavy atom. The summed E-state index contributed by atoms with van der Waals surface area (Å²) in [6.07, 6.45) is 0.929. The van der Waals surface area contributed by atoms with Gasteiger partial charge < -0.3 is 20.3 Å². The van der Waals surface area contributed by atoms with Crippen molar-refractivity contribution in [3.63, 3.8) is 0 Å². The van der Waals surface area contributed by atoms with Crippen LogP contribution in [0.3, 0.4) is 0 Å². The first-order valence-corrected chi connectivity index (χ1v) is 5.50. The number of aliphatic hydroxyl groups excluding tert-OH is 1. The Balaban J connectivity index is 2.01. The van der Waals surface area contributed by atoms with E-state index in [4.69, 9.17) is 14.9 Å². The Kier molecular flexibility index (Phi) is 6.56. The van der Waals surface area contributed by atoms with E-state index in [9.17, 15) is 0 Å². The smallest absolute Gasteiger partial charge is 0.115 e. The Morgan fingerprint density at radius 2 is 1.88 bits per heavy atom. The molecular formula is C12H19NO3. The molecule has 0 radical (unpaired) electrons. The Morgan fingerprint density at radius 1 is 1.12 bits per heavy atom. The largest absolute Gasteiger partial charge is 0.508 e. The third-order valence-electron chi connectivity index (χ3n) is 2.14. The molecule has 0 heterocycles. The first-order valence-electron chi connectivity index (χ1n) is 5.50. The number of rotatable bonds is 8. The van der Waals surface area contributed by atoms with Crippen LogP contribution in [0.15, 0.2) is 24.3 Å². The first kappa shape index (κ1) is 13.0. The fourth-order valence-electron chi connectivity index (χ4n) is 1.31. The fraction of sp³-hybridized carbons (Fsp3) is 0.500. The van der Waals surface area contributed by atoms with Crippen LogP contribution in [0.2, 0.25) is 0 Å². The number of hydrogen-bond acceptors (Lipinski definition) is 4. The third-order valence-corrected chi connectivity index (χ3v) is 2.14. The molecule has 4 heteroatoms. The van der Waals surface area contributed by atoms with Crippen LogP contribution in [-0.2, 0) is 11.3 Å². The molecule has 4 nitrogen and oxygen atoms in total. The lowest BCUT2D eigenvalue weighted by molar-refractivity contribution is 0.0907. The molecule has 0 aliphatic rings. The van der Waals surface area contributed by atoms with Crippen molar-refractivity contribution in [2.45, 2.75) is 13.0 Å². The van der Waals surface area contributed by atoms with Gasteiger partial charge in [-0.25, -0.2) is 0 Å². The van der Waals surface area contributed by atoms with Crippen molar-refractivity contribution >= 4 is 0 Å². The molecule has 90 valence electrons. The normalized spacial score (nSPS) is 10.6. The van der Waals surface area contributed by atoms with Gasteiger partial charge in [0.05, 0.1) is 13.2 Å². The van der Waals surface area contributed by atoms with E-state index in [2.05, 4.69) is 5.32 Å². The van der Waals surface area contributed by atoms with Crippen LogP contribution < -0.4 is 5.32 Å². The lowest BCUT2D eigenvalue weighted by Gasteiger charge is -2.05. The molecule has 0 bridgehead atoms. The van der Waals surface area contributed by atoms with Crippen molar-refractivity contribution in [1.29, 1.82) is 0 Å². The molecular weight excluding hydrogens is 206 g/mol. The minimum absolute atomic E-state index is 0.0843. The van der Waals surface area contributed by atoms with E-state index in [-0.39, 0.29) is 6.61 Å². The summed E-state index contributed by atoms with van der Waals surface area (Å²) in [5.74, 6) is 0.293. The second-order valence-corrected chi connectivity index (χ2v) is 3.53. The molecule has 0 spiro atoms. The second-order valence-electron chi connectivity index (χ2n) is 3.53. The molecule has 0 unspecified atom stereocenters. The topological polar surface area (TPSA) is 61.7 Å². The Hall–Kier alpha value is -1.10. The van der Waals surface area contributed by atoms with Crippen molar-refractivity contribution in [1.82, 2.24) is 5.32 Å². The minimum Gasteiger partial charge on any atom is -0.508 e. The number of nitrogens with one attached hydrogen (secondary N) is 1. The third kappa shape index (κ3) is 5.70. The molecule has 1 rings (SSSR count). The zero-order valence-corrected chi connectivity index (χ0v) is 9.35. The summed E-state index contributed by atoms with van der Waals surface area (Å²) in [5.41, 5.74) is 1.15. The lowest BCUT2D eigenvalue weighted by Crippen LogP contribution is -2.16. The summed E-state index contributed by atoms with van der Waals surface area (Å²) >= 11 is 0. The predicted octanol–water partition coefficient (Wildman–Crippen LogP) is 0.881. The van der Waals surface area contributed by atoms with Gasteiger partial charge in [0, 0.05) is 13.2 Å². The molecule has 0 saturated carbocycles. The highest BCUT2D eigenvalue weighted by molar-refractivity contribution is 5.25. The summed E-state index contributed by atoms with van der Waals surface area (Å²) in [7, 11) is 0. The molecule has 0 aliphatic heterocycles. The summed E-state index contributed by atoms with van der Waals surface area (Å²) < 4.78 is 5.13. The quantitative estimate of drug-likeness (QED) is 0.575. The van der Waals surface area contributed by atoms with Crippen LogP contribution in [0.25, 0.3) is 0 Å². The maximum absolute atomic E-state index is 9.09. The van der Waals surface area contributed by atoms with E-state index in [0.717, 1.165) is 25.1 Å². The summed E-state index contributed by atoms with van der Waals surface area (Å²) in [5, 5.41) is 20.8. The average molecular weight is 225 g/mol. The molecule has 16 heavy (non-hydrogen) atoms. The van der Waals surface area contributed by atoms with Gasteiger partial charge in [-0.3, -0.25) is 0 Å². The summed E-state index contributed by atoms with van der Waals surface area (Å²) in [6.45, 7) is 2.84. The maximum atomic E-state index is 9.09. The van der Waals surface area contributed by atoms with E-state index in [1.807, 2.05) is 12.1 Å².